The summed E-state index contributed by atoms with van der Waals surface area (Å²) < 4.78 is 10.9. The lowest BCUT2D eigenvalue weighted by Gasteiger charge is -2.40. The largest absolute Gasteiger partial charge is 0.385 e. The Hall–Kier alpha value is -0.810. The molecule has 2 fully saturated rings. The van der Waals surface area contributed by atoms with Crippen LogP contribution in [-0.4, -0.2) is 52.0 Å². The number of ether oxygens (including phenoxy) is 2. The molecular weight excluding hydrogens is 266 g/mol. The van der Waals surface area contributed by atoms with Crippen LogP contribution in [0.1, 0.15) is 45.4 Å². The van der Waals surface area contributed by atoms with Gasteiger partial charge in [-0.1, -0.05) is 6.42 Å². The van der Waals surface area contributed by atoms with Gasteiger partial charge in [0.25, 0.3) is 0 Å². The lowest BCUT2D eigenvalue weighted by Crippen LogP contribution is -2.42. The highest BCUT2D eigenvalue weighted by atomic mass is 16.5. The number of guanidine groups is 1. The molecule has 1 heterocycles. The molecule has 2 N–H and O–H groups in total. The van der Waals surface area contributed by atoms with E-state index in [0.717, 1.165) is 51.6 Å². The van der Waals surface area contributed by atoms with E-state index in [-0.39, 0.29) is 0 Å². The van der Waals surface area contributed by atoms with E-state index in [2.05, 4.69) is 17.6 Å². The van der Waals surface area contributed by atoms with Crippen molar-refractivity contribution < 1.29 is 9.47 Å². The second-order valence-corrected chi connectivity index (χ2v) is 6.31. The molecule has 1 saturated heterocycles. The SMILES string of the molecule is CCNC(=NCC1(CCOC)CCC1)NCC1CCCO1. The van der Waals surface area contributed by atoms with Crippen LogP contribution in [0.25, 0.3) is 0 Å². The van der Waals surface area contributed by atoms with Crippen LogP contribution in [0.4, 0.5) is 0 Å². The van der Waals surface area contributed by atoms with E-state index in [1.165, 1.54) is 25.7 Å². The molecule has 0 amide bonds. The van der Waals surface area contributed by atoms with Crippen LogP contribution in [0.3, 0.4) is 0 Å². The Morgan fingerprint density at radius 2 is 2.19 bits per heavy atom. The van der Waals surface area contributed by atoms with Crippen molar-refractivity contribution in [2.24, 2.45) is 10.4 Å². The Kier molecular flexibility index (Phi) is 6.77. The van der Waals surface area contributed by atoms with E-state index in [9.17, 15) is 0 Å². The molecule has 1 aliphatic heterocycles. The molecule has 0 aromatic heterocycles. The number of nitrogens with zero attached hydrogens (tertiary/aromatic N) is 1. The first-order valence-electron chi connectivity index (χ1n) is 8.41. The molecule has 1 aliphatic carbocycles. The zero-order valence-electron chi connectivity index (χ0n) is 13.6. The minimum absolute atomic E-state index is 0.347. The topological polar surface area (TPSA) is 54.9 Å². The van der Waals surface area contributed by atoms with Gasteiger partial charge in [-0.2, -0.15) is 0 Å². The number of nitrogens with one attached hydrogen (secondary N) is 2. The fourth-order valence-corrected chi connectivity index (χ4v) is 3.09. The molecule has 5 heteroatoms. The molecule has 21 heavy (non-hydrogen) atoms. The molecule has 0 spiro atoms. The summed E-state index contributed by atoms with van der Waals surface area (Å²) in [7, 11) is 1.78. The summed E-state index contributed by atoms with van der Waals surface area (Å²) in [6.07, 6.45) is 7.71. The van der Waals surface area contributed by atoms with Crippen LogP contribution in [0.5, 0.6) is 0 Å². The number of hydrogen-bond acceptors (Lipinski definition) is 3. The smallest absolute Gasteiger partial charge is 0.191 e. The zero-order chi connectivity index (χ0) is 15.0. The molecular formula is C16H31N3O2. The molecule has 2 aliphatic rings. The van der Waals surface area contributed by atoms with Crippen molar-refractivity contribution in [1.29, 1.82) is 0 Å². The van der Waals surface area contributed by atoms with Gasteiger partial charge < -0.3 is 20.1 Å². The predicted octanol–water partition coefficient (Wildman–Crippen LogP) is 1.93. The van der Waals surface area contributed by atoms with Gasteiger partial charge in [0, 0.05) is 40.0 Å². The maximum absolute atomic E-state index is 5.65. The summed E-state index contributed by atoms with van der Waals surface area (Å²) in [6.45, 7) is 6.50. The van der Waals surface area contributed by atoms with Crippen LogP contribution < -0.4 is 10.6 Å². The van der Waals surface area contributed by atoms with Gasteiger partial charge in [0.15, 0.2) is 5.96 Å². The monoisotopic (exact) mass is 297 g/mol. The first kappa shape index (κ1) is 16.6. The average molecular weight is 297 g/mol. The Labute approximate surface area is 128 Å². The van der Waals surface area contributed by atoms with Gasteiger partial charge in [-0.3, -0.25) is 4.99 Å². The van der Waals surface area contributed by atoms with Crippen molar-refractivity contribution in [2.45, 2.75) is 51.6 Å². The van der Waals surface area contributed by atoms with Crippen molar-refractivity contribution in [2.75, 3.05) is 40.0 Å². The Morgan fingerprint density at radius 1 is 1.33 bits per heavy atom. The zero-order valence-corrected chi connectivity index (χ0v) is 13.6. The lowest BCUT2D eigenvalue weighted by molar-refractivity contribution is 0.0778. The third-order valence-corrected chi connectivity index (χ3v) is 4.69. The standard InChI is InChI=1S/C16H31N3O2/c1-3-17-15(18-12-14-6-4-10-21-14)19-13-16(7-5-8-16)9-11-20-2/h14H,3-13H2,1-2H3,(H2,17,18,19). The summed E-state index contributed by atoms with van der Waals surface area (Å²) in [4.78, 5) is 4.80. The molecule has 0 bridgehead atoms. The van der Waals surface area contributed by atoms with Gasteiger partial charge in [0.1, 0.15) is 0 Å². The van der Waals surface area contributed by atoms with E-state index in [1.54, 1.807) is 7.11 Å². The van der Waals surface area contributed by atoms with Crippen LogP contribution in [0.15, 0.2) is 4.99 Å². The minimum atomic E-state index is 0.347. The summed E-state index contributed by atoms with van der Waals surface area (Å²) in [5, 5.41) is 6.76. The number of hydrogen-bond donors (Lipinski definition) is 2. The van der Waals surface area contributed by atoms with E-state index in [1.807, 2.05) is 0 Å². The van der Waals surface area contributed by atoms with Crippen molar-refractivity contribution >= 4 is 5.96 Å². The molecule has 2 rings (SSSR count). The third kappa shape index (κ3) is 5.15. The molecule has 1 unspecified atom stereocenters. The molecule has 0 aromatic carbocycles. The fraction of sp³-hybridized carbons (Fsp3) is 0.938. The first-order valence-corrected chi connectivity index (χ1v) is 8.41. The summed E-state index contributed by atoms with van der Waals surface area (Å²) in [5.74, 6) is 0.927. The first-order chi connectivity index (χ1) is 10.3. The minimum Gasteiger partial charge on any atom is -0.385 e. The average Bonchev–Trinajstić information content (AvgIpc) is 2.96. The molecule has 5 nitrogen and oxygen atoms in total. The van der Waals surface area contributed by atoms with E-state index in [0.29, 0.717) is 11.5 Å². The van der Waals surface area contributed by atoms with Crippen LogP contribution >= 0.6 is 0 Å². The van der Waals surface area contributed by atoms with Crippen molar-refractivity contribution in [3.05, 3.63) is 0 Å². The van der Waals surface area contributed by atoms with E-state index < -0.39 is 0 Å². The summed E-state index contributed by atoms with van der Waals surface area (Å²) in [5.41, 5.74) is 0.377. The van der Waals surface area contributed by atoms with Crippen LogP contribution in [-0.2, 0) is 9.47 Å². The molecule has 0 aromatic rings. The Bertz CT molecular complexity index is 323. The van der Waals surface area contributed by atoms with Gasteiger partial charge in [0.2, 0.25) is 0 Å². The third-order valence-electron chi connectivity index (χ3n) is 4.69. The van der Waals surface area contributed by atoms with E-state index >= 15 is 0 Å². The van der Waals surface area contributed by atoms with Crippen molar-refractivity contribution in [3.63, 3.8) is 0 Å². The molecule has 1 atom stereocenters. The Balaban J connectivity index is 1.80. The van der Waals surface area contributed by atoms with E-state index in [4.69, 9.17) is 14.5 Å². The molecule has 1 saturated carbocycles. The molecule has 122 valence electrons. The summed E-state index contributed by atoms with van der Waals surface area (Å²) in [6, 6.07) is 0. The lowest BCUT2D eigenvalue weighted by atomic mass is 9.67. The highest BCUT2D eigenvalue weighted by Crippen LogP contribution is 2.44. The highest BCUT2D eigenvalue weighted by Gasteiger charge is 2.36. The second kappa shape index (κ2) is 8.59. The normalized spacial score (nSPS) is 24.7. The Morgan fingerprint density at radius 3 is 2.76 bits per heavy atom. The van der Waals surface area contributed by atoms with Gasteiger partial charge >= 0.3 is 0 Å². The summed E-state index contributed by atoms with van der Waals surface area (Å²) >= 11 is 0. The highest BCUT2D eigenvalue weighted by molar-refractivity contribution is 5.79. The van der Waals surface area contributed by atoms with Crippen molar-refractivity contribution in [3.8, 4) is 0 Å². The van der Waals surface area contributed by atoms with Gasteiger partial charge in [-0.25, -0.2) is 0 Å². The van der Waals surface area contributed by atoms with Crippen LogP contribution in [0, 0.1) is 5.41 Å². The number of rotatable bonds is 8. The van der Waals surface area contributed by atoms with Crippen molar-refractivity contribution in [1.82, 2.24) is 10.6 Å². The fourth-order valence-electron chi connectivity index (χ4n) is 3.09. The van der Waals surface area contributed by atoms with Gasteiger partial charge in [-0.15, -0.1) is 0 Å². The predicted molar refractivity (Wildman–Crippen MR) is 85.7 cm³/mol. The maximum atomic E-state index is 5.65. The van der Waals surface area contributed by atoms with Gasteiger partial charge in [-0.05, 0) is 44.4 Å². The number of aliphatic imine (C=N–C) groups is 1. The maximum Gasteiger partial charge on any atom is 0.191 e. The number of methoxy groups -OCH3 is 1. The second-order valence-electron chi connectivity index (χ2n) is 6.31. The van der Waals surface area contributed by atoms with Crippen LogP contribution in [0.2, 0.25) is 0 Å². The van der Waals surface area contributed by atoms with Gasteiger partial charge in [0.05, 0.1) is 6.10 Å². The molecule has 0 radical (unpaired) electrons. The quantitative estimate of drug-likeness (QED) is 0.531.